The monoisotopic (exact) mass is 260 g/mol. The van der Waals surface area contributed by atoms with E-state index in [4.69, 9.17) is 0 Å². The lowest BCUT2D eigenvalue weighted by Crippen LogP contribution is -2.24. The summed E-state index contributed by atoms with van der Waals surface area (Å²) in [6.45, 7) is 1.56. The van der Waals surface area contributed by atoms with E-state index in [9.17, 15) is 9.59 Å². The lowest BCUT2D eigenvalue weighted by atomic mass is 10.1. The maximum atomic E-state index is 11.9. The zero-order chi connectivity index (χ0) is 13.2. The van der Waals surface area contributed by atoms with E-state index < -0.39 is 5.91 Å². The average molecular weight is 260 g/mol. The van der Waals surface area contributed by atoms with Crippen LogP contribution < -0.4 is 16.2 Å². The predicted octanol–water partition coefficient (Wildman–Crippen LogP) is -0.609. The number of nitrogens with one attached hydrogen (secondary N) is 4. The van der Waals surface area contributed by atoms with Gasteiger partial charge < -0.3 is 10.6 Å². The van der Waals surface area contributed by atoms with Crippen molar-refractivity contribution in [3.05, 3.63) is 39.4 Å². The highest BCUT2D eigenvalue weighted by Gasteiger charge is 2.18. The van der Waals surface area contributed by atoms with Crippen LogP contribution in [-0.2, 0) is 13.0 Å². The largest absolute Gasteiger partial charge is 0.312 e. The fraction of sp³-hybridized carbons (Fsp3) is 0.273. The number of amides is 1. The highest BCUT2D eigenvalue weighted by molar-refractivity contribution is 6.02. The summed E-state index contributed by atoms with van der Waals surface area (Å²) >= 11 is 0. The Morgan fingerprint density at radius 1 is 1.26 bits per heavy atom. The molecule has 0 bridgehead atoms. The molecular formula is C11H12N6O2. The predicted molar refractivity (Wildman–Crippen MR) is 66.8 cm³/mol. The smallest absolute Gasteiger partial charge is 0.277 e. The van der Waals surface area contributed by atoms with Gasteiger partial charge in [0.1, 0.15) is 5.69 Å². The molecule has 0 fully saturated rings. The van der Waals surface area contributed by atoms with E-state index in [2.05, 4.69) is 31.0 Å². The summed E-state index contributed by atoms with van der Waals surface area (Å²) in [5.41, 5.74) is 1.78. The first kappa shape index (κ1) is 11.6. The van der Waals surface area contributed by atoms with Gasteiger partial charge >= 0.3 is 0 Å². The lowest BCUT2D eigenvalue weighted by molar-refractivity contribution is 0.102. The van der Waals surface area contributed by atoms with Gasteiger partial charge in [-0.2, -0.15) is 10.2 Å². The second-order valence-electron chi connectivity index (χ2n) is 4.22. The maximum absolute atomic E-state index is 11.9. The van der Waals surface area contributed by atoms with Crippen LogP contribution in [0.2, 0.25) is 0 Å². The molecule has 3 rings (SSSR count). The molecule has 0 aliphatic carbocycles. The number of nitrogens with zero attached hydrogens (tertiary/aromatic N) is 2. The van der Waals surface area contributed by atoms with E-state index in [-0.39, 0.29) is 11.3 Å². The molecule has 0 radical (unpaired) electrons. The molecule has 1 amide bonds. The van der Waals surface area contributed by atoms with Gasteiger partial charge in [-0.25, -0.2) is 5.10 Å². The standard InChI is InChI=1S/C11H12N6O2/c18-9-2-1-8(15-16-9)11(19)13-10-6-5-12-4-3-7(6)14-17-10/h1-2,12H,3-5H2,(H,16,18)(H2,13,14,17,19). The third-order valence-corrected chi connectivity index (χ3v) is 2.95. The Balaban J connectivity index is 1.81. The van der Waals surface area contributed by atoms with E-state index in [0.29, 0.717) is 12.4 Å². The van der Waals surface area contributed by atoms with Crippen molar-refractivity contribution in [3.63, 3.8) is 0 Å². The molecule has 1 aliphatic rings. The number of aromatic amines is 2. The molecule has 0 saturated carbocycles. The second-order valence-corrected chi connectivity index (χ2v) is 4.22. The Bertz CT molecular complexity index is 654. The normalized spacial score (nSPS) is 13.9. The van der Waals surface area contributed by atoms with E-state index >= 15 is 0 Å². The number of carbonyl (C=O) groups excluding carboxylic acids is 1. The summed E-state index contributed by atoms with van der Waals surface area (Å²) < 4.78 is 0. The number of hydrogen-bond acceptors (Lipinski definition) is 5. The van der Waals surface area contributed by atoms with Crippen molar-refractivity contribution in [1.82, 2.24) is 25.7 Å². The van der Waals surface area contributed by atoms with Crippen LogP contribution in [0.3, 0.4) is 0 Å². The van der Waals surface area contributed by atoms with Gasteiger partial charge in [0, 0.05) is 36.8 Å². The van der Waals surface area contributed by atoms with Crippen LogP contribution in [0.5, 0.6) is 0 Å². The minimum atomic E-state index is -0.406. The number of hydrogen-bond donors (Lipinski definition) is 4. The summed E-state index contributed by atoms with van der Waals surface area (Å²) in [6, 6.07) is 2.62. The van der Waals surface area contributed by atoms with E-state index in [0.717, 1.165) is 24.2 Å². The first-order valence-corrected chi connectivity index (χ1v) is 5.88. The number of H-pyrrole nitrogens is 2. The lowest BCUT2D eigenvalue weighted by Gasteiger charge is -2.12. The molecule has 98 valence electrons. The Labute approximate surface area is 107 Å². The van der Waals surface area contributed by atoms with Gasteiger partial charge in [0.05, 0.1) is 0 Å². The van der Waals surface area contributed by atoms with Gasteiger partial charge in [0.2, 0.25) is 0 Å². The van der Waals surface area contributed by atoms with Gasteiger partial charge in [-0.3, -0.25) is 14.7 Å². The van der Waals surface area contributed by atoms with Crippen LogP contribution in [0.1, 0.15) is 21.7 Å². The Morgan fingerprint density at radius 2 is 2.16 bits per heavy atom. The quantitative estimate of drug-likeness (QED) is 0.575. The van der Waals surface area contributed by atoms with E-state index in [1.807, 2.05) is 0 Å². The molecule has 0 atom stereocenters. The van der Waals surface area contributed by atoms with Crippen molar-refractivity contribution in [2.24, 2.45) is 0 Å². The summed E-state index contributed by atoms with van der Waals surface area (Å²) in [5, 5.41) is 18.8. The molecule has 8 heteroatoms. The fourth-order valence-corrected chi connectivity index (χ4v) is 1.97. The Kier molecular flexibility index (Phi) is 2.84. The van der Waals surface area contributed by atoms with Crippen LogP contribution in [0.15, 0.2) is 16.9 Å². The number of anilines is 1. The molecule has 0 spiro atoms. The van der Waals surface area contributed by atoms with Crippen molar-refractivity contribution < 1.29 is 4.79 Å². The first-order valence-electron chi connectivity index (χ1n) is 5.88. The minimum absolute atomic E-state index is 0.139. The second kappa shape index (κ2) is 4.65. The van der Waals surface area contributed by atoms with E-state index in [1.54, 1.807) is 0 Å². The summed E-state index contributed by atoms with van der Waals surface area (Å²) in [7, 11) is 0. The third kappa shape index (κ3) is 2.25. The van der Waals surface area contributed by atoms with Crippen molar-refractivity contribution in [2.45, 2.75) is 13.0 Å². The highest BCUT2D eigenvalue weighted by atomic mass is 16.2. The SMILES string of the molecule is O=C(Nc1n[nH]c2c1CNCC2)c1ccc(=O)[nH]n1. The molecule has 4 N–H and O–H groups in total. The average Bonchev–Trinajstić information content (AvgIpc) is 2.83. The van der Waals surface area contributed by atoms with Crippen molar-refractivity contribution >= 4 is 11.7 Å². The molecular weight excluding hydrogens is 248 g/mol. The molecule has 0 saturated heterocycles. The molecule has 19 heavy (non-hydrogen) atoms. The van der Waals surface area contributed by atoms with Gasteiger partial charge in [0.15, 0.2) is 5.82 Å². The van der Waals surface area contributed by atoms with Gasteiger partial charge in [0.25, 0.3) is 11.5 Å². The molecule has 8 nitrogen and oxygen atoms in total. The van der Waals surface area contributed by atoms with Gasteiger partial charge in [-0.1, -0.05) is 0 Å². The molecule has 3 heterocycles. The zero-order valence-electron chi connectivity index (χ0n) is 9.99. The van der Waals surface area contributed by atoms with Gasteiger partial charge in [-0.15, -0.1) is 0 Å². The summed E-state index contributed by atoms with van der Waals surface area (Å²) in [5.74, 6) is 0.0938. The molecule has 0 unspecified atom stereocenters. The van der Waals surface area contributed by atoms with Crippen LogP contribution in [-0.4, -0.2) is 32.8 Å². The topological polar surface area (TPSA) is 116 Å². The number of fused-ring (bicyclic) bond motifs is 1. The number of carbonyl (C=O) groups is 1. The third-order valence-electron chi connectivity index (χ3n) is 2.95. The molecule has 2 aromatic rings. The maximum Gasteiger partial charge on any atom is 0.277 e. The number of aromatic nitrogens is 4. The van der Waals surface area contributed by atoms with Crippen molar-refractivity contribution in [1.29, 1.82) is 0 Å². The zero-order valence-corrected chi connectivity index (χ0v) is 9.99. The van der Waals surface area contributed by atoms with Crippen LogP contribution in [0.25, 0.3) is 0 Å². The van der Waals surface area contributed by atoms with Crippen molar-refractivity contribution in [3.8, 4) is 0 Å². The molecule has 1 aliphatic heterocycles. The Hall–Kier alpha value is -2.48. The van der Waals surface area contributed by atoms with Crippen LogP contribution in [0, 0.1) is 0 Å². The van der Waals surface area contributed by atoms with E-state index in [1.165, 1.54) is 12.1 Å². The van der Waals surface area contributed by atoms with Gasteiger partial charge in [-0.05, 0) is 6.07 Å². The van der Waals surface area contributed by atoms with Crippen LogP contribution >= 0.6 is 0 Å². The molecule has 2 aromatic heterocycles. The minimum Gasteiger partial charge on any atom is -0.312 e. The fourth-order valence-electron chi connectivity index (χ4n) is 1.97. The molecule has 0 aromatic carbocycles. The Morgan fingerprint density at radius 3 is 2.95 bits per heavy atom. The van der Waals surface area contributed by atoms with Crippen LogP contribution in [0.4, 0.5) is 5.82 Å². The van der Waals surface area contributed by atoms with Crippen molar-refractivity contribution in [2.75, 3.05) is 11.9 Å². The number of rotatable bonds is 2. The highest BCUT2D eigenvalue weighted by Crippen LogP contribution is 2.19. The summed E-state index contributed by atoms with van der Waals surface area (Å²) in [4.78, 5) is 22.8. The first-order chi connectivity index (χ1) is 9.24. The summed E-state index contributed by atoms with van der Waals surface area (Å²) in [6.07, 6.45) is 0.856.